The third-order valence-corrected chi connectivity index (χ3v) is 14.6. The van der Waals surface area contributed by atoms with Gasteiger partial charge in [0, 0.05) is 0 Å². The SMILES string of the molecule is C=CCC[C@H](O[Si](C)(C)C(C)(C)C)[C@@H](C=O)O[Si](C)(C)C(C)(C)C. The van der Waals surface area contributed by atoms with Crippen molar-refractivity contribution in [3.63, 3.8) is 0 Å². The lowest BCUT2D eigenvalue weighted by Crippen LogP contribution is -2.52. The Morgan fingerprint density at radius 1 is 0.917 bits per heavy atom. The van der Waals surface area contributed by atoms with Gasteiger partial charge in [0.1, 0.15) is 12.4 Å². The van der Waals surface area contributed by atoms with Crippen LogP contribution in [0.5, 0.6) is 0 Å². The molecule has 0 saturated carbocycles. The second kappa shape index (κ2) is 8.43. The molecule has 0 fully saturated rings. The first-order chi connectivity index (χ1) is 10.6. The van der Waals surface area contributed by atoms with Gasteiger partial charge < -0.3 is 13.6 Å². The summed E-state index contributed by atoms with van der Waals surface area (Å²) in [6.45, 7) is 25.8. The minimum atomic E-state index is -2.03. The average molecular weight is 373 g/mol. The van der Waals surface area contributed by atoms with E-state index in [4.69, 9.17) is 8.85 Å². The highest BCUT2D eigenvalue weighted by Gasteiger charge is 2.44. The topological polar surface area (TPSA) is 35.5 Å². The van der Waals surface area contributed by atoms with Crippen LogP contribution in [0, 0.1) is 0 Å². The van der Waals surface area contributed by atoms with Crippen LogP contribution in [0.1, 0.15) is 54.4 Å². The Morgan fingerprint density at radius 3 is 1.67 bits per heavy atom. The van der Waals surface area contributed by atoms with Crippen LogP contribution in [-0.4, -0.2) is 35.1 Å². The van der Waals surface area contributed by atoms with Crippen molar-refractivity contribution in [3.8, 4) is 0 Å². The first-order valence-electron chi connectivity index (χ1n) is 9.01. The Kier molecular flexibility index (Phi) is 8.35. The number of carbonyl (C=O) groups is 1. The molecule has 0 aliphatic carbocycles. The summed E-state index contributed by atoms with van der Waals surface area (Å²) in [6.07, 6.45) is 3.73. The highest BCUT2D eigenvalue weighted by atomic mass is 28.4. The molecular formula is C19H40O3Si2. The molecule has 0 spiro atoms. The van der Waals surface area contributed by atoms with E-state index in [0.717, 1.165) is 19.1 Å². The van der Waals surface area contributed by atoms with E-state index in [9.17, 15) is 4.79 Å². The van der Waals surface area contributed by atoms with Crippen molar-refractivity contribution in [1.29, 1.82) is 0 Å². The molecule has 0 aromatic carbocycles. The minimum absolute atomic E-state index is 0.0637. The Balaban J connectivity index is 5.46. The number of hydrogen-bond donors (Lipinski definition) is 0. The normalized spacial score (nSPS) is 16.6. The van der Waals surface area contributed by atoms with Gasteiger partial charge in [-0.05, 0) is 49.1 Å². The molecule has 0 radical (unpaired) electrons. The highest BCUT2D eigenvalue weighted by Crippen LogP contribution is 2.40. The van der Waals surface area contributed by atoms with Crippen molar-refractivity contribution < 1.29 is 13.6 Å². The van der Waals surface area contributed by atoms with Crippen LogP contribution in [0.4, 0.5) is 0 Å². The van der Waals surface area contributed by atoms with Crippen LogP contribution < -0.4 is 0 Å². The van der Waals surface area contributed by atoms with Gasteiger partial charge >= 0.3 is 0 Å². The monoisotopic (exact) mass is 372 g/mol. The number of allylic oxidation sites excluding steroid dienone is 1. The minimum Gasteiger partial charge on any atom is -0.411 e. The average Bonchev–Trinajstić information content (AvgIpc) is 2.38. The predicted octanol–water partition coefficient (Wildman–Crippen LogP) is 5.93. The van der Waals surface area contributed by atoms with E-state index in [1.807, 2.05) is 6.08 Å². The summed E-state index contributed by atoms with van der Waals surface area (Å²) in [5.41, 5.74) is 0. The van der Waals surface area contributed by atoms with Crippen molar-refractivity contribution in [2.75, 3.05) is 0 Å². The van der Waals surface area contributed by atoms with Gasteiger partial charge in [-0.15, -0.1) is 6.58 Å². The van der Waals surface area contributed by atoms with E-state index in [1.54, 1.807) is 0 Å². The molecular weight excluding hydrogens is 332 g/mol. The molecule has 0 saturated heterocycles. The van der Waals surface area contributed by atoms with Crippen LogP contribution in [0.2, 0.25) is 36.3 Å². The lowest BCUT2D eigenvalue weighted by atomic mass is 10.1. The summed E-state index contributed by atoms with van der Waals surface area (Å²) >= 11 is 0. The van der Waals surface area contributed by atoms with Crippen LogP contribution in [-0.2, 0) is 13.6 Å². The van der Waals surface area contributed by atoms with E-state index in [0.29, 0.717) is 0 Å². The summed E-state index contributed by atoms with van der Waals surface area (Å²) < 4.78 is 13.0. The molecule has 0 rings (SSSR count). The van der Waals surface area contributed by atoms with Gasteiger partial charge in [0.25, 0.3) is 0 Å². The molecule has 0 aliphatic heterocycles. The molecule has 0 bridgehead atoms. The quantitative estimate of drug-likeness (QED) is 0.286. The summed E-state index contributed by atoms with van der Waals surface area (Å²) in [7, 11) is -4.01. The van der Waals surface area contributed by atoms with Crippen LogP contribution in [0.3, 0.4) is 0 Å². The summed E-state index contributed by atoms with van der Waals surface area (Å²) in [6, 6.07) is 0. The van der Waals surface area contributed by atoms with E-state index >= 15 is 0 Å². The van der Waals surface area contributed by atoms with Crippen molar-refractivity contribution in [2.45, 2.75) is 103 Å². The number of carbonyl (C=O) groups excluding carboxylic acids is 1. The zero-order chi connectivity index (χ0) is 19.4. The molecule has 0 amide bonds. The Bertz CT molecular complexity index is 417. The fraction of sp³-hybridized carbons (Fsp3) is 0.842. The Hall–Kier alpha value is -0.236. The van der Waals surface area contributed by atoms with E-state index in [1.165, 1.54) is 0 Å². The Labute approximate surface area is 152 Å². The van der Waals surface area contributed by atoms with Crippen molar-refractivity contribution >= 4 is 22.9 Å². The van der Waals surface area contributed by atoms with Crippen LogP contribution in [0.15, 0.2) is 12.7 Å². The van der Waals surface area contributed by atoms with Crippen LogP contribution in [0.25, 0.3) is 0 Å². The van der Waals surface area contributed by atoms with Gasteiger partial charge in [-0.25, -0.2) is 0 Å². The summed E-state index contributed by atoms with van der Waals surface area (Å²) in [5.74, 6) is 0. The van der Waals surface area contributed by atoms with Gasteiger partial charge in [-0.2, -0.15) is 0 Å². The maximum atomic E-state index is 11.9. The lowest BCUT2D eigenvalue weighted by Gasteiger charge is -2.43. The second-order valence-corrected chi connectivity index (χ2v) is 19.3. The zero-order valence-electron chi connectivity index (χ0n) is 17.7. The largest absolute Gasteiger partial charge is 0.411 e. The second-order valence-electron chi connectivity index (χ2n) is 9.76. The maximum absolute atomic E-state index is 11.9. The van der Waals surface area contributed by atoms with Gasteiger partial charge in [-0.1, -0.05) is 47.6 Å². The molecule has 0 aliphatic rings. The van der Waals surface area contributed by atoms with Gasteiger partial charge in [-0.3, -0.25) is 0 Å². The van der Waals surface area contributed by atoms with Gasteiger partial charge in [0.05, 0.1) is 6.10 Å². The van der Waals surface area contributed by atoms with E-state index in [-0.39, 0.29) is 16.2 Å². The van der Waals surface area contributed by atoms with Crippen molar-refractivity contribution in [2.24, 2.45) is 0 Å². The summed E-state index contributed by atoms with van der Waals surface area (Å²) in [4.78, 5) is 11.9. The standard InChI is InChI=1S/C19H40O3Si2/c1-12-13-14-16(21-23(8,9)18(2,3)4)17(15-20)22-24(10,11)19(5,6)7/h12,15-17H,1,13-14H2,2-11H3/t16-,17+/m0/s1. The Morgan fingerprint density at radius 2 is 1.33 bits per heavy atom. The molecule has 0 N–H and O–H groups in total. The highest BCUT2D eigenvalue weighted by molar-refractivity contribution is 6.74. The maximum Gasteiger partial charge on any atom is 0.193 e. The molecule has 0 aromatic rings. The first-order valence-corrected chi connectivity index (χ1v) is 14.8. The molecule has 0 unspecified atom stereocenters. The fourth-order valence-corrected chi connectivity index (χ4v) is 4.44. The van der Waals surface area contributed by atoms with Crippen molar-refractivity contribution in [3.05, 3.63) is 12.7 Å². The fourth-order valence-electron chi connectivity index (χ4n) is 1.84. The van der Waals surface area contributed by atoms with Crippen molar-refractivity contribution in [1.82, 2.24) is 0 Å². The lowest BCUT2D eigenvalue weighted by molar-refractivity contribution is -0.118. The zero-order valence-corrected chi connectivity index (χ0v) is 19.7. The molecule has 5 heteroatoms. The smallest absolute Gasteiger partial charge is 0.193 e. The van der Waals surface area contributed by atoms with E-state index in [2.05, 4.69) is 74.3 Å². The third kappa shape index (κ3) is 6.58. The first kappa shape index (κ1) is 23.8. The molecule has 0 heterocycles. The van der Waals surface area contributed by atoms with Crippen LogP contribution >= 0.6 is 0 Å². The molecule has 142 valence electrons. The molecule has 3 nitrogen and oxygen atoms in total. The predicted molar refractivity (Wildman–Crippen MR) is 110 cm³/mol. The molecule has 2 atom stereocenters. The molecule has 24 heavy (non-hydrogen) atoms. The number of hydrogen-bond acceptors (Lipinski definition) is 3. The molecule has 0 aromatic heterocycles. The summed E-state index contributed by atoms with van der Waals surface area (Å²) in [5, 5.41) is 0.165. The van der Waals surface area contributed by atoms with Gasteiger partial charge in [0.15, 0.2) is 16.6 Å². The van der Waals surface area contributed by atoms with Gasteiger partial charge in [0.2, 0.25) is 0 Å². The third-order valence-electron chi connectivity index (χ3n) is 5.64. The number of rotatable bonds is 9. The number of aldehydes is 1. The van der Waals surface area contributed by atoms with E-state index < -0.39 is 22.7 Å².